The number of rotatable bonds is 8. The fourth-order valence-corrected chi connectivity index (χ4v) is 4.21. The summed E-state index contributed by atoms with van der Waals surface area (Å²) in [6.07, 6.45) is 3.35. The summed E-state index contributed by atoms with van der Waals surface area (Å²) in [6, 6.07) is 10.4. The molecule has 140 valence electrons. The van der Waals surface area contributed by atoms with E-state index in [1.165, 1.54) is 10.4 Å². The minimum Gasteiger partial charge on any atom is -0.377 e. The third kappa shape index (κ3) is 5.16. The number of nitrogens with zero attached hydrogens (tertiary/aromatic N) is 1. The molecule has 3 rings (SSSR count). The highest BCUT2D eigenvalue weighted by atomic mass is 32.1. The third-order valence-corrected chi connectivity index (χ3v) is 5.68. The maximum Gasteiger partial charge on any atom is 0.238 e. The second-order valence-corrected chi connectivity index (χ2v) is 7.93. The largest absolute Gasteiger partial charge is 0.377 e. The summed E-state index contributed by atoms with van der Waals surface area (Å²) in [5, 5.41) is 5.23. The molecule has 0 saturated carbocycles. The Morgan fingerprint density at radius 2 is 2.23 bits per heavy atom. The molecule has 2 heterocycles. The van der Waals surface area contributed by atoms with Crippen LogP contribution in [0.3, 0.4) is 0 Å². The van der Waals surface area contributed by atoms with Crippen LogP contribution in [0.1, 0.15) is 35.8 Å². The Bertz CT molecular complexity index is 709. The molecule has 1 saturated heterocycles. The van der Waals surface area contributed by atoms with Crippen molar-refractivity contribution >= 4 is 22.9 Å². The lowest BCUT2D eigenvalue weighted by atomic mass is 10.1. The minimum absolute atomic E-state index is 0.0450. The molecule has 0 radical (unpaired) electrons. The van der Waals surface area contributed by atoms with Crippen molar-refractivity contribution in [2.75, 3.05) is 25.0 Å². The van der Waals surface area contributed by atoms with Crippen LogP contribution in [0.25, 0.3) is 0 Å². The summed E-state index contributed by atoms with van der Waals surface area (Å²) in [4.78, 5) is 16.2. The van der Waals surface area contributed by atoms with Crippen LogP contribution < -0.4 is 5.32 Å². The molecule has 1 aliphatic rings. The van der Waals surface area contributed by atoms with Crippen molar-refractivity contribution in [3.8, 4) is 0 Å². The van der Waals surface area contributed by atoms with Gasteiger partial charge in [-0.1, -0.05) is 31.2 Å². The molecule has 26 heavy (non-hydrogen) atoms. The number of hydrogen-bond donors (Lipinski definition) is 1. The van der Waals surface area contributed by atoms with Crippen molar-refractivity contribution < 1.29 is 9.53 Å². The molecule has 2 aromatic rings. The lowest BCUT2D eigenvalue weighted by Gasteiger charge is -2.24. The van der Waals surface area contributed by atoms with Crippen LogP contribution in [0.5, 0.6) is 0 Å². The molecule has 1 aromatic carbocycles. The van der Waals surface area contributed by atoms with E-state index < -0.39 is 0 Å². The molecule has 1 aliphatic heterocycles. The quantitative estimate of drug-likeness (QED) is 0.754. The maximum atomic E-state index is 12.8. The minimum atomic E-state index is 0.0450. The van der Waals surface area contributed by atoms with E-state index in [4.69, 9.17) is 4.74 Å². The number of hydrogen-bond acceptors (Lipinski definition) is 4. The maximum absolute atomic E-state index is 12.8. The van der Waals surface area contributed by atoms with Crippen molar-refractivity contribution in [3.63, 3.8) is 0 Å². The van der Waals surface area contributed by atoms with E-state index >= 15 is 0 Å². The fourth-order valence-electron chi connectivity index (χ4n) is 3.47. The summed E-state index contributed by atoms with van der Waals surface area (Å²) in [5.41, 5.74) is 3.26. The Kier molecular flexibility index (Phi) is 6.83. The molecule has 1 N–H and O–H groups in total. The molecule has 0 bridgehead atoms. The Morgan fingerprint density at radius 3 is 2.92 bits per heavy atom. The van der Waals surface area contributed by atoms with Gasteiger partial charge in [0.2, 0.25) is 5.91 Å². The summed E-state index contributed by atoms with van der Waals surface area (Å²) in [6.45, 7) is 6.98. The summed E-state index contributed by atoms with van der Waals surface area (Å²) in [5.74, 6) is 0.0450. The van der Waals surface area contributed by atoms with Gasteiger partial charge >= 0.3 is 0 Å². The first-order valence-corrected chi connectivity index (χ1v) is 10.3. The number of para-hydroxylation sites is 1. The zero-order valence-electron chi connectivity index (χ0n) is 15.7. The first-order chi connectivity index (χ1) is 12.7. The number of benzene rings is 1. The van der Waals surface area contributed by atoms with Gasteiger partial charge in [0.25, 0.3) is 0 Å². The van der Waals surface area contributed by atoms with Gasteiger partial charge in [0.1, 0.15) is 0 Å². The zero-order valence-corrected chi connectivity index (χ0v) is 16.5. The van der Waals surface area contributed by atoms with Crippen molar-refractivity contribution in [2.45, 2.75) is 45.8 Å². The van der Waals surface area contributed by atoms with E-state index in [1.807, 2.05) is 19.1 Å². The van der Waals surface area contributed by atoms with Crippen LogP contribution in [0.4, 0.5) is 5.69 Å². The molecule has 1 unspecified atom stereocenters. The summed E-state index contributed by atoms with van der Waals surface area (Å²) < 4.78 is 5.79. The van der Waals surface area contributed by atoms with Crippen LogP contribution in [-0.2, 0) is 22.5 Å². The molecule has 1 fully saturated rings. The lowest BCUT2D eigenvalue weighted by molar-refractivity contribution is -0.117. The predicted octanol–water partition coefficient (Wildman–Crippen LogP) is 4.24. The second kappa shape index (κ2) is 9.31. The normalized spacial score (nSPS) is 17.0. The number of anilines is 1. The van der Waals surface area contributed by atoms with E-state index in [0.29, 0.717) is 6.54 Å². The van der Waals surface area contributed by atoms with Gasteiger partial charge in [-0.15, -0.1) is 11.3 Å². The molecule has 1 atom stereocenters. The van der Waals surface area contributed by atoms with Gasteiger partial charge in [0.15, 0.2) is 0 Å². The number of aryl methyl sites for hydroxylation is 2. The molecular weight excluding hydrogens is 344 g/mol. The Balaban J connectivity index is 1.66. The van der Waals surface area contributed by atoms with Crippen molar-refractivity contribution in [3.05, 3.63) is 51.7 Å². The molecule has 4 nitrogen and oxygen atoms in total. The summed E-state index contributed by atoms with van der Waals surface area (Å²) >= 11 is 1.73. The third-order valence-electron chi connectivity index (χ3n) is 4.82. The SMILES string of the molecule is CCc1cccc(C)c1NC(=O)CN(Cc1cccs1)CC1CCCO1. The van der Waals surface area contributed by atoms with Gasteiger partial charge < -0.3 is 10.1 Å². The lowest BCUT2D eigenvalue weighted by Crippen LogP contribution is -2.38. The molecule has 0 aliphatic carbocycles. The van der Waals surface area contributed by atoms with Gasteiger partial charge in [0.05, 0.1) is 12.6 Å². The zero-order chi connectivity index (χ0) is 18.4. The number of carbonyl (C=O) groups is 1. The van der Waals surface area contributed by atoms with E-state index in [-0.39, 0.29) is 12.0 Å². The van der Waals surface area contributed by atoms with E-state index in [1.54, 1.807) is 11.3 Å². The first-order valence-electron chi connectivity index (χ1n) is 9.40. The van der Waals surface area contributed by atoms with Gasteiger partial charge in [-0.25, -0.2) is 0 Å². The van der Waals surface area contributed by atoms with Crippen LogP contribution in [-0.4, -0.2) is 36.6 Å². The second-order valence-electron chi connectivity index (χ2n) is 6.89. The van der Waals surface area contributed by atoms with Crippen LogP contribution >= 0.6 is 11.3 Å². The molecule has 0 spiro atoms. The first kappa shape index (κ1) is 19.1. The van der Waals surface area contributed by atoms with Crippen LogP contribution in [0.2, 0.25) is 0 Å². The van der Waals surface area contributed by atoms with Crippen molar-refractivity contribution in [1.82, 2.24) is 4.90 Å². The molecule has 5 heteroatoms. The summed E-state index contributed by atoms with van der Waals surface area (Å²) in [7, 11) is 0. The smallest absolute Gasteiger partial charge is 0.238 e. The van der Waals surface area contributed by atoms with Crippen molar-refractivity contribution in [2.24, 2.45) is 0 Å². The van der Waals surface area contributed by atoms with Gasteiger partial charge in [0, 0.05) is 30.3 Å². The Hall–Kier alpha value is -1.69. The number of amides is 1. The van der Waals surface area contributed by atoms with Gasteiger partial charge in [-0.2, -0.15) is 0 Å². The fraction of sp³-hybridized carbons (Fsp3) is 0.476. The number of thiophene rings is 1. The highest BCUT2D eigenvalue weighted by Gasteiger charge is 2.21. The van der Waals surface area contributed by atoms with Crippen LogP contribution in [0.15, 0.2) is 35.7 Å². The van der Waals surface area contributed by atoms with Gasteiger partial charge in [-0.3, -0.25) is 9.69 Å². The monoisotopic (exact) mass is 372 g/mol. The average Bonchev–Trinajstić information content (AvgIpc) is 3.30. The van der Waals surface area contributed by atoms with E-state index in [0.717, 1.165) is 50.2 Å². The highest BCUT2D eigenvalue weighted by molar-refractivity contribution is 7.09. The molecular formula is C21H28N2O2S. The van der Waals surface area contributed by atoms with Gasteiger partial charge in [-0.05, 0) is 48.8 Å². The van der Waals surface area contributed by atoms with E-state index in [9.17, 15) is 4.79 Å². The van der Waals surface area contributed by atoms with E-state index in [2.05, 4.69) is 40.7 Å². The number of ether oxygens (including phenoxy) is 1. The molecule has 1 aromatic heterocycles. The Morgan fingerprint density at radius 1 is 1.35 bits per heavy atom. The topological polar surface area (TPSA) is 41.6 Å². The average molecular weight is 373 g/mol. The van der Waals surface area contributed by atoms with Crippen molar-refractivity contribution in [1.29, 1.82) is 0 Å². The predicted molar refractivity (Wildman–Crippen MR) is 108 cm³/mol. The Labute approximate surface area is 160 Å². The number of nitrogens with one attached hydrogen (secondary N) is 1. The highest BCUT2D eigenvalue weighted by Crippen LogP contribution is 2.22. The standard InChI is InChI=1S/C21H28N2O2S/c1-3-17-8-4-7-16(2)21(17)22-20(24)15-23(13-18-9-5-11-25-18)14-19-10-6-12-26-19/h4,6-8,10,12,18H,3,5,9,11,13-15H2,1-2H3,(H,22,24). The number of carbonyl (C=O) groups excluding carboxylic acids is 1. The molecule has 1 amide bonds. The van der Waals surface area contributed by atoms with Crippen LogP contribution in [0, 0.1) is 6.92 Å².